The molecule has 3 rings (SSSR count). The molecule has 0 aromatic carbocycles. The molecule has 4 nitrogen and oxygen atoms in total. The van der Waals surface area contributed by atoms with Crippen LogP contribution in [0.2, 0.25) is 0 Å². The first-order valence-corrected chi connectivity index (χ1v) is 5.32. The lowest BCUT2D eigenvalue weighted by atomic mass is 10.1. The number of nitrogens with zero attached hydrogens (tertiary/aromatic N) is 3. The van der Waals surface area contributed by atoms with Crippen LogP contribution in [-0.4, -0.2) is 20.2 Å². The fraction of sp³-hybridized carbons (Fsp3) is 0. The Hall–Kier alpha value is -2.49. The van der Waals surface area contributed by atoms with Gasteiger partial charge in [-0.25, -0.2) is 0 Å². The Morgan fingerprint density at radius 2 is 1.76 bits per heavy atom. The summed E-state index contributed by atoms with van der Waals surface area (Å²) in [5.41, 5.74) is 3.55. The molecule has 4 heteroatoms. The Labute approximate surface area is 98.4 Å². The summed E-state index contributed by atoms with van der Waals surface area (Å²) < 4.78 is 0. The largest absolute Gasteiger partial charge is 0.285 e. The van der Waals surface area contributed by atoms with Crippen molar-refractivity contribution >= 4 is 0 Å². The van der Waals surface area contributed by atoms with Crippen LogP contribution in [0.4, 0.5) is 0 Å². The number of nitrogens with one attached hydrogen (secondary N) is 1. The van der Waals surface area contributed by atoms with Gasteiger partial charge in [0.15, 0.2) is 0 Å². The van der Waals surface area contributed by atoms with Crippen molar-refractivity contribution in [1.82, 2.24) is 20.2 Å². The molecule has 0 aliphatic heterocycles. The molecule has 0 unspecified atom stereocenters. The number of pyridine rings is 2. The second-order valence-corrected chi connectivity index (χ2v) is 3.57. The average Bonchev–Trinajstić information content (AvgIpc) is 2.94. The van der Waals surface area contributed by atoms with Crippen molar-refractivity contribution in [2.24, 2.45) is 0 Å². The molecule has 0 saturated heterocycles. The quantitative estimate of drug-likeness (QED) is 0.724. The number of hydrogen-bond donors (Lipinski definition) is 1. The number of rotatable bonds is 2. The molecular weight excluding hydrogens is 212 g/mol. The average molecular weight is 222 g/mol. The smallest absolute Gasteiger partial charge is 0.0980 e. The Kier molecular flexibility index (Phi) is 2.38. The molecule has 0 bridgehead atoms. The van der Waals surface area contributed by atoms with Crippen molar-refractivity contribution in [3.63, 3.8) is 0 Å². The van der Waals surface area contributed by atoms with E-state index in [1.165, 1.54) is 0 Å². The molecule has 0 atom stereocenters. The third-order valence-electron chi connectivity index (χ3n) is 2.49. The first-order chi connectivity index (χ1) is 8.45. The molecule has 82 valence electrons. The van der Waals surface area contributed by atoms with Gasteiger partial charge < -0.3 is 0 Å². The summed E-state index contributed by atoms with van der Waals surface area (Å²) in [6, 6.07) is 11.6. The summed E-state index contributed by atoms with van der Waals surface area (Å²) in [5, 5.41) is 6.99. The standard InChI is InChI=1S/C13H10N4/c1-2-7-14-12(5-1)13-10(4-3-8-15-13)11-6-9-16-17-11/h1-9H,(H,16,17). The first-order valence-electron chi connectivity index (χ1n) is 5.32. The molecule has 0 spiro atoms. The van der Waals surface area contributed by atoms with Crippen molar-refractivity contribution in [3.05, 3.63) is 55.0 Å². The maximum absolute atomic E-state index is 4.39. The second kappa shape index (κ2) is 4.17. The van der Waals surface area contributed by atoms with E-state index in [9.17, 15) is 0 Å². The lowest BCUT2D eigenvalue weighted by Crippen LogP contribution is -1.90. The Bertz CT molecular complexity index is 602. The van der Waals surface area contributed by atoms with Crippen molar-refractivity contribution < 1.29 is 0 Å². The predicted octanol–water partition coefficient (Wildman–Crippen LogP) is 2.53. The zero-order chi connectivity index (χ0) is 11.5. The highest BCUT2D eigenvalue weighted by Crippen LogP contribution is 2.26. The van der Waals surface area contributed by atoms with E-state index in [-0.39, 0.29) is 0 Å². The maximum atomic E-state index is 4.39. The summed E-state index contributed by atoms with van der Waals surface area (Å²) in [4.78, 5) is 8.71. The number of aromatic amines is 1. The normalized spacial score (nSPS) is 10.4. The van der Waals surface area contributed by atoms with Gasteiger partial charge in [-0.15, -0.1) is 0 Å². The van der Waals surface area contributed by atoms with E-state index in [0.29, 0.717) is 0 Å². The summed E-state index contributed by atoms with van der Waals surface area (Å²) in [6.45, 7) is 0. The molecule has 0 aliphatic carbocycles. The fourth-order valence-corrected chi connectivity index (χ4v) is 1.73. The van der Waals surface area contributed by atoms with E-state index in [1.54, 1.807) is 18.6 Å². The predicted molar refractivity (Wildman–Crippen MR) is 65.0 cm³/mol. The molecule has 0 radical (unpaired) electrons. The van der Waals surface area contributed by atoms with Crippen LogP contribution in [0.25, 0.3) is 22.6 Å². The molecule has 0 aliphatic rings. The van der Waals surface area contributed by atoms with Crippen LogP contribution < -0.4 is 0 Å². The fourth-order valence-electron chi connectivity index (χ4n) is 1.73. The van der Waals surface area contributed by atoms with E-state index in [1.807, 2.05) is 36.4 Å². The van der Waals surface area contributed by atoms with E-state index in [2.05, 4.69) is 20.2 Å². The van der Waals surface area contributed by atoms with Crippen LogP contribution in [0.1, 0.15) is 0 Å². The molecular formula is C13H10N4. The second-order valence-electron chi connectivity index (χ2n) is 3.57. The zero-order valence-corrected chi connectivity index (χ0v) is 9.04. The Morgan fingerprint density at radius 1 is 0.824 bits per heavy atom. The van der Waals surface area contributed by atoms with Crippen molar-refractivity contribution in [3.8, 4) is 22.6 Å². The minimum absolute atomic E-state index is 0.847. The minimum atomic E-state index is 0.847. The minimum Gasteiger partial charge on any atom is -0.285 e. The summed E-state index contributed by atoms with van der Waals surface area (Å²) in [5.74, 6) is 0. The number of aromatic nitrogens is 4. The summed E-state index contributed by atoms with van der Waals surface area (Å²) >= 11 is 0. The van der Waals surface area contributed by atoms with Crippen LogP contribution in [0, 0.1) is 0 Å². The number of H-pyrrole nitrogens is 1. The van der Waals surface area contributed by atoms with Crippen molar-refractivity contribution in [2.45, 2.75) is 0 Å². The van der Waals surface area contributed by atoms with Gasteiger partial charge in [-0.2, -0.15) is 5.10 Å². The van der Waals surface area contributed by atoms with Gasteiger partial charge >= 0.3 is 0 Å². The topological polar surface area (TPSA) is 54.5 Å². The van der Waals surface area contributed by atoms with E-state index >= 15 is 0 Å². The van der Waals surface area contributed by atoms with Crippen molar-refractivity contribution in [1.29, 1.82) is 0 Å². The monoisotopic (exact) mass is 222 g/mol. The molecule has 1 N–H and O–H groups in total. The molecule has 0 fully saturated rings. The third kappa shape index (κ3) is 1.80. The van der Waals surface area contributed by atoms with Gasteiger partial charge in [0.25, 0.3) is 0 Å². The van der Waals surface area contributed by atoms with Crippen molar-refractivity contribution in [2.75, 3.05) is 0 Å². The zero-order valence-electron chi connectivity index (χ0n) is 9.04. The summed E-state index contributed by atoms with van der Waals surface area (Å²) in [7, 11) is 0. The highest BCUT2D eigenvalue weighted by atomic mass is 15.1. The molecule has 3 heterocycles. The lowest BCUT2D eigenvalue weighted by Gasteiger charge is -2.04. The molecule has 0 saturated carbocycles. The number of hydrogen-bond acceptors (Lipinski definition) is 3. The van der Waals surface area contributed by atoms with Crippen LogP contribution >= 0.6 is 0 Å². The maximum Gasteiger partial charge on any atom is 0.0980 e. The Morgan fingerprint density at radius 3 is 2.53 bits per heavy atom. The van der Waals surface area contributed by atoms with Gasteiger partial charge in [0.1, 0.15) is 0 Å². The highest BCUT2D eigenvalue weighted by Gasteiger charge is 2.10. The molecule has 0 amide bonds. The van der Waals surface area contributed by atoms with E-state index in [4.69, 9.17) is 0 Å². The van der Waals surface area contributed by atoms with Gasteiger partial charge in [0.2, 0.25) is 0 Å². The van der Waals surface area contributed by atoms with Gasteiger partial charge in [0, 0.05) is 24.2 Å². The lowest BCUT2D eigenvalue weighted by molar-refractivity contribution is 1.09. The van der Waals surface area contributed by atoms with Gasteiger partial charge in [-0.3, -0.25) is 15.1 Å². The SMILES string of the molecule is c1ccc(-c2ncccc2-c2cc[nH]n2)nc1. The van der Waals surface area contributed by atoms with Gasteiger partial charge in [0.05, 0.1) is 17.1 Å². The van der Waals surface area contributed by atoms with Gasteiger partial charge in [-0.05, 0) is 30.3 Å². The molecule has 17 heavy (non-hydrogen) atoms. The van der Waals surface area contributed by atoms with Crippen LogP contribution in [0.15, 0.2) is 55.0 Å². The van der Waals surface area contributed by atoms with Crippen LogP contribution in [-0.2, 0) is 0 Å². The van der Waals surface area contributed by atoms with Gasteiger partial charge in [-0.1, -0.05) is 6.07 Å². The van der Waals surface area contributed by atoms with E-state index in [0.717, 1.165) is 22.6 Å². The Balaban J connectivity index is 2.18. The highest BCUT2D eigenvalue weighted by molar-refractivity contribution is 5.76. The first kappa shape index (κ1) is 9.72. The molecule has 3 aromatic heterocycles. The van der Waals surface area contributed by atoms with Crippen LogP contribution in [0.3, 0.4) is 0 Å². The van der Waals surface area contributed by atoms with E-state index < -0.39 is 0 Å². The third-order valence-corrected chi connectivity index (χ3v) is 2.49. The molecule has 3 aromatic rings. The van der Waals surface area contributed by atoms with Crippen LogP contribution in [0.5, 0.6) is 0 Å². The summed E-state index contributed by atoms with van der Waals surface area (Å²) in [6.07, 6.45) is 5.32.